The molecule has 1 aromatic heterocycles. The van der Waals surface area contributed by atoms with E-state index < -0.39 is 11.9 Å². The zero-order valence-electron chi connectivity index (χ0n) is 19.5. The van der Waals surface area contributed by atoms with Gasteiger partial charge in [0.05, 0.1) is 13.2 Å². The van der Waals surface area contributed by atoms with Crippen LogP contribution in [0.4, 0.5) is 10.5 Å². The van der Waals surface area contributed by atoms with Gasteiger partial charge >= 0.3 is 6.03 Å². The lowest BCUT2D eigenvalue weighted by molar-refractivity contribution is -0.117. The van der Waals surface area contributed by atoms with Crippen molar-refractivity contribution in [2.45, 2.75) is 26.8 Å². The van der Waals surface area contributed by atoms with Crippen molar-refractivity contribution in [1.29, 1.82) is 5.26 Å². The number of aryl methyl sites for hydroxylation is 1. The molecule has 1 heterocycles. The Morgan fingerprint density at radius 2 is 1.76 bits per heavy atom. The lowest BCUT2D eigenvalue weighted by Crippen LogP contribution is -2.27. The van der Waals surface area contributed by atoms with Gasteiger partial charge in [0.15, 0.2) is 0 Å². The van der Waals surface area contributed by atoms with Crippen LogP contribution in [0.5, 0.6) is 5.75 Å². The van der Waals surface area contributed by atoms with Crippen LogP contribution in [0.15, 0.2) is 60.2 Å². The van der Waals surface area contributed by atoms with Gasteiger partial charge in [0.25, 0.3) is 5.91 Å². The Hall–Kier alpha value is -4.51. The maximum atomic E-state index is 12.8. The number of urea groups is 1. The molecule has 0 saturated heterocycles. The highest BCUT2D eigenvalue weighted by Gasteiger charge is 2.16. The van der Waals surface area contributed by atoms with Crippen LogP contribution in [0.1, 0.15) is 35.5 Å². The molecular formula is C26H27N5O3. The van der Waals surface area contributed by atoms with E-state index in [1.54, 1.807) is 37.5 Å². The molecule has 4 N–H and O–H groups in total. The normalized spacial score (nSPS) is 11.9. The number of ether oxygens (including phenoxy) is 1. The number of hydrogen-bond donors (Lipinski definition) is 3. The summed E-state index contributed by atoms with van der Waals surface area (Å²) in [5, 5.41) is 15.0. The van der Waals surface area contributed by atoms with E-state index >= 15 is 0 Å². The molecule has 174 valence electrons. The monoisotopic (exact) mass is 457 g/mol. The summed E-state index contributed by atoms with van der Waals surface area (Å²) in [5.41, 5.74) is 10.1. The van der Waals surface area contributed by atoms with Crippen LogP contribution in [0, 0.1) is 25.2 Å². The molecule has 0 aliphatic carbocycles. The summed E-state index contributed by atoms with van der Waals surface area (Å²) >= 11 is 0. The third kappa shape index (κ3) is 5.45. The summed E-state index contributed by atoms with van der Waals surface area (Å²) in [6, 6.07) is 17.6. The highest BCUT2D eigenvalue weighted by atomic mass is 16.5. The number of methoxy groups -OCH3 is 1. The summed E-state index contributed by atoms with van der Waals surface area (Å²) in [5.74, 6) is 0.297. The summed E-state index contributed by atoms with van der Waals surface area (Å²) < 4.78 is 7.29. The number of nitrogens with two attached hydrogens (primary N) is 1. The molecule has 0 aliphatic rings. The van der Waals surface area contributed by atoms with Crippen LogP contribution in [0.25, 0.3) is 11.8 Å². The first-order chi connectivity index (χ1) is 16.2. The summed E-state index contributed by atoms with van der Waals surface area (Å²) in [6.07, 6.45) is 1.60. The molecule has 0 spiro atoms. The van der Waals surface area contributed by atoms with Crippen LogP contribution in [-0.4, -0.2) is 23.6 Å². The molecule has 34 heavy (non-hydrogen) atoms. The van der Waals surface area contributed by atoms with E-state index in [1.165, 1.54) is 0 Å². The standard InChI is InChI=1S/C26H27N5O3/c1-16-13-20(18(3)31(16)23-9-11-24(34-4)12-10-23)14-21(15-27)25(32)29-17(2)19-5-7-22(8-6-19)30-26(28)33/h5-14,17H,1-4H3,(H,29,32)(H3,28,30,33)/b21-14+. The number of carbonyl (C=O) groups is 2. The van der Waals surface area contributed by atoms with Crippen molar-refractivity contribution >= 4 is 23.7 Å². The van der Waals surface area contributed by atoms with Crippen molar-refractivity contribution in [3.05, 3.63) is 82.7 Å². The van der Waals surface area contributed by atoms with Gasteiger partial charge in [-0.1, -0.05) is 12.1 Å². The number of primary amides is 1. The van der Waals surface area contributed by atoms with E-state index in [4.69, 9.17) is 10.5 Å². The lowest BCUT2D eigenvalue weighted by Gasteiger charge is -2.14. The molecule has 0 fully saturated rings. The molecule has 3 rings (SSSR count). The van der Waals surface area contributed by atoms with E-state index in [0.29, 0.717) is 5.69 Å². The first kappa shape index (κ1) is 24.1. The Balaban J connectivity index is 1.80. The first-order valence-electron chi connectivity index (χ1n) is 10.7. The minimum absolute atomic E-state index is 0.00819. The molecule has 3 amide bonds. The third-order valence-electron chi connectivity index (χ3n) is 5.49. The third-order valence-corrected chi connectivity index (χ3v) is 5.49. The van der Waals surface area contributed by atoms with Gasteiger partial charge in [0, 0.05) is 22.8 Å². The first-order valence-corrected chi connectivity index (χ1v) is 10.7. The number of nitriles is 1. The van der Waals surface area contributed by atoms with Crippen molar-refractivity contribution in [3.63, 3.8) is 0 Å². The Bertz CT molecular complexity index is 1270. The molecule has 0 bridgehead atoms. The second kappa shape index (κ2) is 10.4. The number of nitrogens with zero attached hydrogens (tertiary/aromatic N) is 2. The average Bonchev–Trinajstić information content (AvgIpc) is 3.10. The molecule has 0 radical (unpaired) electrons. The Labute approximate surface area is 198 Å². The molecular weight excluding hydrogens is 430 g/mol. The number of aromatic nitrogens is 1. The summed E-state index contributed by atoms with van der Waals surface area (Å²) in [7, 11) is 1.62. The molecule has 3 aromatic rings. The van der Waals surface area contributed by atoms with Gasteiger partial charge in [-0.2, -0.15) is 5.26 Å². The highest BCUT2D eigenvalue weighted by molar-refractivity contribution is 6.02. The number of hydrogen-bond acceptors (Lipinski definition) is 4. The average molecular weight is 458 g/mol. The van der Waals surface area contributed by atoms with E-state index in [-0.39, 0.29) is 11.6 Å². The van der Waals surface area contributed by atoms with E-state index in [1.807, 2.05) is 57.2 Å². The quantitative estimate of drug-likeness (QED) is 0.360. The smallest absolute Gasteiger partial charge is 0.316 e. The minimum Gasteiger partial charge on any atom is -0.497 e. The molecule has 1 atom stereocenters. The predicted molar refractivity (Wildman–Crippen MR) is 132 cm³/mol. The lowest BCUT2D eigenvalue weighted by atomic mass is 10.1. The maximum Gasteiger partial charge on any atom is 0.316 e. The van der Waals surface area contributed by atoms with Crippen molar-refractivity contribution in [1.82, 2.24) is 9.88 Å². The molecule has 1 unspecified atom stereocenters. The molecule has 0 saturated carbocycles. The van der Waals surface area contributed by atoms with Gasteiger partial charge in [-0.15, -0.1) is 0 Å². The fourth-order valence-corrected chi connectivity index (χ4v) is 3.72. The second-order valence-electron chi connectivity index (χ2n) is 7.84. The summed E-state index contributed by atoms with van der Waals surface area (Å²) in [4.78, 5) is 23.8. The largest absolute Gasteiger partial charge is 0.497 e. The molecule has 8 nitrogen and oxygen atoms in total. The molecule has 0 aliphatic heterocycles. The Morgan fingerprint density at radius 3 is 2.32 bits per heavy atom. The number of benzene rings is 2. The maximum absolute atomic E-state index is 12.8. The van der Waals surface area contributed by atoms with Crippen molar-refractivity contribution < 1.29 is 14.3 Å². The Kier molecular flexibility index (Phi) is 7.39. The number of amides is 3. The van der Waals surface area contributed by atoms with Crippen molar-refractivity contribution in [2.24, 2.45) is 5.73 Å². The van der Waals surface area contributed by atoms with Gasteiger partial charge in [-0.3, -0.25) is 4.79 Å². The van der Waals surface area contributed by atoms with Gasteiger partial charge in [-0.25, -0.2) is 4.79 Å². The van der Waals surface area contributed by atoms with Crippen LogP contribution in [-0.2, 0) is 4.79 Å². The van der Waals surface area contributed by atoms with Crippen LogP contribution >= 0.6 is 0 Å². The number of rotatable bonds is 7. The topological polar surface area (TPSA) is 122 Å². The van der Waals surface area contributed by atoms with Gasteiger partial charge in [0.1, 0.15) is 17.4 Å². The fourth-order valence-electron chi connectivity index (χ4n) is 3.72. The number of nitrogens with one attached hydrogen (secondary N) is 2. The number of carbonyl (C=O) groups excluding carboxylic acids is 2. The zero-order valence-corrected chi connectivity index (χ0v) is 19.5. The van der Waals surface area contributed by atoms with E-state index in [2.05, 4.69) is 15.2 Å². The summed E-state index contributed by atoms with van der Waals surface area (Å²) in [6.45, 7) is 5.73. The van der Waals surface area contributed by atoms with Gasteiger partial charge in [-0.05, 0) is 80.4 Å². The Morgan fingerprint density at radius 1 is 1.12 bits per heavy atom. The zero-order chi connectivity index (χ0) is 24.8. The fraction of sp³-hybridized carbons (Fsp3) is 0.192. The van der Waals surface area contributed by atoms with E-state index in [9.17, 15) is 14.9 Å². The minimum atomic E-state index is -0.649. The van der Waals surface area contributed by atoms with Crippen molar-refractivity contribution in [2.75, 3.05) is 12.4 Å². The van der Waals surface area contributed by atoms with E-state index in [0.717, 1.165) is 34.0 Å². The second-order valence-corrected chi connectivity index (χ2v) is 7.84. The highest BCUT2D eigenvalue weighted by Crippen LogP contribution is 2.25. The predicted octanol–water partition coefficient (Wildman–Crippen LogP) is 4.38. The van der Waals surface area contributed by atoms with Crippen LogP contribution in [0.2, 0.25) is 0 Å². The molecule has 2 aromatic carbocycles. The van der Waals surface area contributed by atoms with Crippen LogP contribution in [0.3, 0.4) is 0 Å². The van der Waals surface area contributed by atoms with Gasteiger partial charge in [0.2, 0.25) is 0 Å². The molecule has 8 heteroatoms. The van der Waals surface area contributed by atoms with Crippen LogP contribution < -0.4 is 21.1 Å². The van der Waals surface area contributed by atoms with Crippen molar-refractivity contribution in [3.8, 4) is 17.5 Å². The SMILES string of the molecule is COc1ccc(-n2c(C)cc(/C=C(\C#N)C(=O)NC(C)c3ccc(NC(N)=O)cc3)c2C)cc1. The number of anilines is 1. The van der Waals surface area contributed by atoms with Gasteiger partial charge < -0.3 is 25.7 Å².